The van der Waals surface area contributed by atoms with Crippen LogP contribution in [0.15, 0.2) is 47.4 Å². The van der Waals surface area contributed by atoms with Crippen molar-refractivity contribution in [3.05, 3.63) is 64.0 Å². The van der Waals surface area contributed by atoms with Crippen LogP contribution in [0.3, 0.4) is 0 Å². The molecule has 4 rings (SSSR count). The van der Waals surface area contributed by atoms with Crippen molar-refractivity contribution in [2.24, 2.45) is 0 Å². The number of amides is 2. The minimum absolute atomic E-state index is 0.211. The minimum Gasteiger partial charge on any atom is -0.496 e. The number of hydrogen-bond acceptors (Lipinski definition) is 8. The van der Waals surface area contributed by atoms with Gasteiger partial charge in [0.05, 0.1) is 32.1 Å². The van der Waals surface area contributed by atoms with Crippen molar-refractivity contribution >= 4 is 51.6 Å². The predicted octanol–water partition coefficient (Wildman–Crippen LogP) is 6.58. The van der Waals surface area contributed by atoms with Gasteiger partial charge in [0.2, 0.25) is 5.91 Å². The van der Waals surface area contributed by atoms with Gasteiger partial charge in [-0.2, -0.15) is 0 Å². The van der Waals surface area contributed by atoms with Crippen LogP contribution in [0, 0.1) is 0 Å². The Balaban J connectivity index is 1.47. The van der Waals surface area contributed by atoms with Crippen molar-refractivity contribution in [1.82, 2.24) is 0 Å². The number of aryl methyl sites for hydroxylation is 1. The molecule has 0 spiro atoms. The maximum absolute atomic E-state index is 13.2. The Labute approximate surface area is 242 Å². The van der Waals surface area contributed by atoms with Crippen molar-refractivity contribution in [2.75, 3.05) is 32.0 Å². The molecular weight excluding hydrogens is 548 g/mol. The molecule has 0 bridgehead atoms. The summed E-state index contributed by atoms with van der Waals surface area (Å²) in [7, 11) is 4.37. The number of anilines is 2. The molecule has 1 atom stereocenters. The summed E-state index contributed by atoms with van der Waals surface area (Å²) in [4.78, 5) is 41.0. The highest BCUT2D eigenvalue weighted by Gasteiger charge is 2.27. The molecule has 1 aliphatic carbocycles. The number of fused-ring (bicyclic) bond motifs is 1. The second kappa shape index (κ2) is 13.7. The molecule has 0 fully saturated rings. The third kappa shape index (κ3) is 6.79. The lowest BCUT2D eigenvalue weighted by molar-refractivity contribution is -0.115. The van der Waals surface area contributed by atoms with E-state index in [4.69, 9.17) is 14.2 Å². The number of carbonyl (C=O) groups excluding carboxylic acids is 3. The number of thioether (sulfide) groups is 1. The average Bonchev–Trinajstić information content (AvgIpc) is 3.27. The van der Waals surface area contributed by atoms with E-state index in [0.717, 1.165) is 47.4 Å². The summed E-state index contributed by atoms with van der Waals surface area (Å²) in [5.41, 5.74) is 2.38. The lowest BCUT2D eigenvalue weighted by Crippen LogP contribution is -2.23. The topological polar surface area (TPSA) is 103 Å². The molecule has 1 aromatic heterocycles. The molecule has 3 aromatic rings. The van der Waals surface area contributed by atoms with E-state index in [1.54, 1.807) is 24.3 Å². The number of ether oxygens (including phenoxy) is 3. The van der Waals surface area contributed by atoms with E-state index >= 15 is 0 Å². The van der Waals surface area contributed by atoms with E-state index in [1.807, 2.05) is 25.1 Å². The smallest absolute Gasteiger partial charge is 0.341 e. The highest BCUT2D eigenvalue weighted by atomic mass is 32.2. The highest BCUT2D eigenvalue weighted by molar-refractivity contribution is 8.00. The Bertz CT molecular complexity index is 1360. The molecule has 10 heteroatoms. The Morgan fingerprint density at radius 3 is 2.23 bits per heavy atom. The van der Waals surface area contributed by atoms with Gasteiger partial charge in [-0.05, 0) is 68.5 Å². The zero-order valence-corrected chi connectivity index (χ0v) is 24.8. The molecule has 2 N–H and O–H groups in total. The molecule has 0 aliphatic heterocycles. The van der Waals surface area contributed by atoms with Crippen LogP contribution in [0.2, 0.25) is 0 Å². The number of nitrogens with one attached hydrogen (secondary N) is 2. The molecule has 0 radical (unpaired) electrons. The van der Waals surface area contributed by atoms with Crippen LogP contribution in [-0.4, -0.2) is 44.4 Å². The third-order valence-corrected chi connectivity index (χ3v) is 9.03. The van der Waals surface area contributed by atoms with Crippen LogP contribution in [0.5, 0.6) is 11.5 Å². The summed E-state index contributed by atoms with van der Waals surface area (Å²) >= 11 is 2.84. The Kier molecular flexibility index (Phi) is 10.1. The van der Waals surface area contributed by atoms with E-state index in [9.17, 15) is 14.4 Å². The van der Waals surface area contributed by atoms with E-state index in [0.29, 0.717) is 33.3 Å². The molecule has 2 amide bonds. The molecule has 1 aliphatic rings. The van der Waals surface area contributed by atoms with Crippen molar-refractivity contribution < 1.29 is 28.6 Å². The van der Waals surface area contributed by atoms with Gasteiger partial charge in [-0.3, -0.25) is 9.59 Å². The van der Waals surface area contributed by atoms with Gasteiger partial charge < -0.3 is 24.8 Å². The summed E-state index contributed by atoms with van der Waals surface area (Å²) in [5, 5.41) is 5.99. The Morgan fingerprint density at radius 2 is 1.55 bits per heavy atom. The molecule has 212 valence electrons. The zero-order valence-electron chi connectivity index (χ0n) is 23.1. The minimum atomic E-state index is -0.463. The summed E-state index contributed by atoms with van der Waals surface area (Å²) < 4.78 is 15.8. The van der Waals surface area contributed by atoms with Gasteiger partial charge in [-0.25, -0.2) is 4.79 Å². The molecule has 8 nitrogen and oxygen atoms in total. The van der Waals surface area contributed by atoms with Gasteiger partial charge in [0.1, 0.15) is 22.1 Å². The first-order valence-electron chi connectivity index (χ1n) is 13.2. The largest absolute Gasteiger partial charge is 0.496 e. The molecular formula is C30H34N2O6S2. The van der Waals surface area contributed by atoms with Crippen molar-refractivity contribution in [2.45, 2.75) is 55.6 Å². The second-order valence-corrected chi connectivity index (χ2v) is 11.9. The SMILES string of the molecule is COC(=O)c1c(NC(=O)C(C)Sc2cccc(NC(=O)c3c(OC)cccc3OC)c2)sc2c1CCCCCC2. The zero-order chi connectivity index (χ0) is 28.6. The maximum Gasteiger partial charge on any atom is 0.341 e. The van der Waals surface area contributed by atoms with E-state index < -0.39 is 11.2 Å². The summed E-state index contributed by atoms with van der Waals surface area (Å²) in [6.45, 7) is 1.81. The van der Waals surface area contributed by atoms with Crippen LogP contribution >= 0.6 is 23.1 Å². The number of esters is 1. The summed E-state index contributed by atoms with van der Waals surface area (Å²) in [5.74, 6) is -0.187. The molecule has 0 saturated heterocycles. The van der Waals surface area contributed by atoms with Crippen molar-refractivity contribution in [3.63, 3.8) is 0 Å². The summed E-state index contributed by atoms with van der Waals surface area (Å²) in [6.07, 6.45) is 6.12. The van der Waals surface area contributed by atoms with Gasteiger partial charge in [0.15, 0.2) is 0 Å². The normalized spacial score (nSPS) is 13.7. The fourth-order valence-corrected chi connectivity index (χ4v) is 6.92. The number of rotatable bonds is 9. The Morgan fingerprint density at radius 1 is 0.875 bits per heavy atom. The number of carbonyl (C=O) groups is 3. The van der Waals surface area contributed by atoms with Gasteiger partial charge in [-0.15, -0.1) is 23.1 Å². The Hall–Kier alpha value is -3.50. The summed E-state index contributed by atoms with van der Waals surface area (Å²) in [6, 6.07) is 12.4. The van der Waals surface area contributed by atoms with Crippen LogP contribution < -0.4 is 20.1 Å². The van der Waals surface area contributed by atoms with Crippen LogP contribution in [-0.2, 0) is 22.4 Å². The monoisotopic (exact) mass is 582 g/mol. The van der Waals surface area contributed by atoms with Crippen LogP contribution in [0.1, 0.15) is 63.8 Å². The van der Waals surface area contributed by atoms with E-state index in [2.05, 4.69) is 10.6 Å². The van der Waals surface area contributed by atoms with E-state index in [1.165, 1.54) is 50.8 Å². The molecule has 1 unspecified atom stereocenters. The lowest BCUT2D eigenvalue weighted by atomic mass is 9.96. The van der Waals surface area contributed by atoms with Gasteiger partial charge in [0.25, 0.3) is 5.91 Å². The number of thiophene rings is 1. The first-order valence-corrected chi connectivity index (χ1v) is 14.9. The first kappa shape index (κ1) is 29.5. The molecule has 40 heavy (non-hydrogen) atoms. The lowest BCUT2D eigenvalue weighted by Gasteiger charge is -2.15. The fraction of sp³-hybridized carbons (Fsp3) is 0.367. The maximum atomic E-state index is 13.2. The first-order chi connectivity index (χ1) is 19.4. The second-order valence-electron chi connectivity index (χ2n) is 9.38. The third-order valence-electron chi connectivity index (χ3n) is 6.73. The number of hydrogen-bond donors (Lipinski definition) is 2. The van der Waals surface area contributed by atoms with Crippen molar-refractivity contribution in [3.8, 4) is 11.5 Å². The highest BCUT2D eigenvalue weighted by Crippen LogP contribution is 2.38. The van der Waals surface area contributed by atoms with Crippen molar-refractivity contribution in [1.29, 1.82) is 0 Å². The average molecular weight is 583 g/mol. The van der Waals surface area contributed by atoms with Gasteiger partial charge in [0, 0.05) is 15.5 Å². The van der Waals surface area contributed by atoms with Gasteiger partial charge >= 0.3 is 5.97 Å². The quantitative estimate of drug-likeness (QED) is 0.217. The standard InChI is InChI=1S/C30H34N2O6S2/c1-18(27(33)32-29-25(30(35)38-4)21-13-7-5-6-8-16-24(21)40-29)39-20-12-9-11-19(17-20)31-28(34)26-22(36-2)14-10-15-23(26)37-3/h9-12,14-15,17-18H,5-8,13,16H2,1-4H3,(H,31,34)(H,32,33). The molecule has 2 aromatic carbocycles. The number of benzene rings is 2. The number of methoxy groups -OCH3 is 3. The molecule has 0 saturated carbocycles. The van der Waals surface area contributed by atoms with Crippen LogP contribution in [0.4, 0.5) is 10.7 Å². The van der Waals surface area contributed by atoms with E-state index in [-0.39, 0.29) is 11.8 Å². The molecule has 1 heterocycles. The van der Waals surface area contributed by atoms with Gasteiger partial charge in [-0.1, -0.05) is 25.0 Å². The fourth-order valence-electron chi connectivity index (χ4n) is 4.71. The predicted molar refractivity (Wildman–Crippen MR) is 159 cm³/mol. The van der Waals surface area contributed by atoms with Crippen LogP contribution in [0.25, 0.3) is 0 Å².